The average molecular weight is 883 g/mol. The molecule has 0 saturated heterocycles. The third-order valence-corrected chi connectivity index (χ3v) is 12.0. The number of ether oxygens (including phenoxy) is 2. The highest BCUT2D eigenvalue weighted by Gasteiger charge is 2.32. The molecule has 0 aliphatic heterocycles. The Kier molecular flexibility index (Phi) is 10.9. The molecule has 66 heavy (non-hydrogen) atoms. The summed E-state index contributed by atoms with van der Waals surface area (Å²) in [6, 6.07) is 25.2. The highest BCUT2D eigenvalue weighted by molar-refractivity contribution is 6.06. The largest absolute Gasteiger partial charge is 0.506 e. The molecule has 3 aromatic carbocycles. The van der Waals surface area contributed by atoms with E-state index in [0.29, 0.717) is 34.3 Å². The summed E-state index contributed by atoms with van der Waals surface area (Å²) in [6.45, 7) is 5.27. The van der Waals surface area contributed by atoms with Gasteiger partial charge in [0.25, 0.3) is 16.7 Å². The number of hydrogen-bond donors (Lipinski definition) is 4. The number of aromatic amines is 3. The van der Waals surface area contributed by atoms with Gasteiger partial charge in [-0.3, -0.25) is 19.4 Å². The van der Waals surface area contributed by atoms with Gasteiger partial charge >= 0.3 is 17.9 Å². The molecule has 4 N–H and O–H groups in total. The van der Waals surface area contributed by atoms with Crippen molar-refractivity contribution in [1.29, 1.82) is 0 Å². The van der Waals surface area contributed by atoms with Crippen molar-refractivity contribution >= 4 is 50.6 Å². The second-order valence-corrected chi connectivity index (χ2v) is 15.9. The predicted octanol–water partition coefficient (Wildman–Crippen LogP) is 7.89. The van der Waals surface area contributed by atoms with E-state index in [9.17, 15) is 33.9 Å². The number of esters is 3. The van der Waals surface area contributed by atoms with E-state index in [1.54, 1.807) is 50.4 Å². The molecule has 0 radical (unpaired) electrons. The van der Waals surface area contributed by atoms with Crippen LogP contribution in [-0.2, 0) is 38.1 Å². The standard InChI is InChI=1S/C51H42N6O9/c1-6-26-25-35(46(59)53-41(26)30-12-15-37-28(23-30)17-20-56(37)4)49(62)65-45-34(8-3)43(31-11-14-36-27(22-31)10-9-19-52-36)55-48(61)40(45)51(64)66-50(63)39-44(58)33(7-2)42(54-47(39)60)32-13-16-38-29(24-32)18-21-57(38)5/h9-25H,6-8H2,1-5H3,(H,53,59)(H,55,61)(H2,54,58,60). The van der Waals surface area contributed by atoms with Crippen LogP contribution in [0.1, 0.15) is 68.5 Å². The second kappa shape index (κ2) is 16.8. The van der Waals surface area contributed by atoms with Crippen LogP contribution in [0.15, 0.2) is 118 Å². The van der Waals surface area contributed by atoms with E-state index in [1.807, 2.05) is 91.1 Å². The molecule has 0 atom stereocenters. The number of fused-ring (bicyclic) bond motifs is 3. The summed E-state index contributed by atoms with van der Waals surface area (Å²) in [6.07, 6.45) is 6.06. The van der Waals surface area contributed by atoms with Crippen LogP contribution in [0.25, 0.3) is 66.5 Å². The van der Waals surface area contributed by atoms with Crippen molar-refractivity contribution in [3.8, 4) is 45.3 Å². The lowest BCUT2D eigenvalue weighted by atomic mass is 9.99. The van der Waals surface area contributed by atoms with Crippen LogP contribution in [0.3, 0.4) is 0 Å². The minimum absolute atomic E-state index is 0.0576. The Bertz CT molecular complexity index is 3680. The Morgan fingerprint density at radius 1 is 0.606 bits per heavy atom. The van der Waals surface area contributed by atoms with E-state index in [-0.39, 0.29) is 35.4 Å². The van der Waals surface area contributed by atoms with E-state index in [2.05, 4.69) is 19.9 Å². The Morgan fingerprint density at radius 2 is 1.15 bits per heavy atom. The Balaban J connectivity index is 1.12. The highest BCUT2D eigenvalue weighted by Crippen LogP contribution is 2.35. The molecule has 0 bridgehead atoms. The molecule has 0 saturated carbocycles. The maximum absolute atomic E-state index is 14.3. The fourth-order valence-corrected chi connectivity index (χ4v) is 8.61. The first-order valence-corrected chi connectivity index (χ1v) is 21.3. The summed E-state index contributed by atoms with van der Waals surface area (Å²) < 4.78 is 15.0. The zero-order valence-corrected chi connectivity index (χ0v) is 36.5. The van der Waals surface area contributed by atoms with Gasteiger partial charge in [0.2, 0.25) is 0 Å². The van der Waals surface area contributed by atoms with Gasteiger partial charge in [-0.1, -0.05) is 45.0 Å². The number of hydrogen-bond acceptors (Lipinski definition) is 10. The lowest BCUT2D eigenvalue weighted by Crippen LogP contribution is -2.30. The first-order chi connectivity index (χ1) is 31.8. The number of rotatable bonds is 10. The maximum Gasteiger partial charge on any atom is 0.355 e. The van der Waals surface area contributed by atoms with Gasteiger partial charge in [-0.15, -0.1) is 0 Å². The lowest BCUT2D eigenvalue weighted by molar-refractivity contribution is 0.0391. The summed E-state index contributed by atoms with van der Waals surface area (Å²) in [4.78, 5) is 96.5. The molecule has 0 spiro atoms. The summed E-state index contributed by atoms with van der Waals surface area (Å²) in [5, 5.41) is 14.0. The zero-order valence-electron chi connectivity index (χ0n) is 36.5. The minimum atomic E-state index is -1.58. The van der Waals surface area contributed by atoms with Crippen LogP contribution in [0.5, 0.6) is 11.5 Å². The van der Waals surface area contributed by atoms with Gasteiger partial charge < -0.3 is 38.7 Å². The molecule has 15 heteroatoms. The number of aromatic nitrogens is 6. The topological polar surface area (TPSA) is 211 Å². The number of nitrogens with one attached hydrogen (secondary N) is 3. The van der Waals surface area contributed by atoms with Gasteiger partial charge in [0.15, 0.2) is 16.9 Å². The molecular formula is C51H42N6O9. The van der Waals surface area contributed by atoms with Gasteiger partial charge in [0, 0.05) is 71.0 Å². The van der Waals surface area contributed by atoms with Crippen molar-refractivity contribution in [3.63, 3.8) is 0 Å². The van der Waals surface area contributed by atoms with Gasteiger partial charge in [-0.25, -0.2) is 14.4 Å². The number of aromatic hydroxyl groups is 1. The molecule has 9 aromatic rings. The second-order valence-electron chi connectivity index (χ2n) is 15.9. The van der Waals surface area contributed by atoms with E-state index >= 15 is 0 Å². The van der Waals surface area contributed by atoms with Crippen LogP contribution < -0.4 is 21.4 Å². The fourth-order valence-electron chi connectivity index (χ4n) is 8.61. The maximum atomic E-state index is 14.3. The monoisotopic (exact) mass is 882 g/mol. The van der Waals surface area contributed by atoms with E-state index in [4.69, 9.17) is 9.47 Å². The van der Waals surface area contributed by atoms with Crippen molar-refractivity contribution in [2.75, 3.05) is 0 Å². The molecule has 9 rings (SSSR count). The molecule has 0 aliphatic carbocycles. The van der Waals surface area contributed by atoms with Gasteiger partial charge in [-0.05, 0) is 102 Å². The Morgan fingerprint density at radius 3 is 1.77 bits per heavy atom. The number of benzene rings is 3. The summed E-state index contributed by atoms with van der Waals surface area (Å²) in [5.41, 5.74) is 1.11. The smallest absolute Gasteiger partial charge is 0.355 e. The number of carbonyl (C=O) groups is 3. The number of aryl methyl sites for hydroxylation is 3. The van der Waals surface area contributed by atoms with E-state index < -0.39 is 62.8 Å². The van der Waals surface area contributed by atoms with E-state index in [1.165, 1.54) is 6.07 Å². The van der Waals surface area contributed by atoms with Crippen LogP contribution in [0, 0.1) is 0 Å². The van der Waals surface area contributed by atoms with Crippen LogP contribution in [-0.4, -0.2) is 52.1 Å². The van der Waals surface area contributed by atoms with Crippen molar-refractivity contribution in [2.45, 2.75) is 40.0 Å². The molecule has 6 aromatic heterocycles. The molecular weight excluding hydrogens is 841 g/mol. The number of pyridine rings is 4. The first kappa shape index (κ1) is 42.7. The zero-order chi connectivity index (χ0) is 46.6. The third-order valence-electron chi connectivity index (χ3n) is 12.0. The molecule has 15 nitrogen and oxygen atoms in total. The molecule has 0 aliphatic rings. The van der Waals surface area contributed by atoms with E-state index in [0.717, 1.165) is 32.8 Å². The Hall–Kier alpha value is -8.59. The van der Waals surface area contributed by atoms with Gasteiger partial charge in [0.05, 0.1) is 22.6 Å². The minimum Gasteiger partial charge on any atom is -0.506 e. The van der Waals surface area contributed by atoms with Crippen LogP contribution in [0.4, 0.5) is 0 Å². The molecule has 0 amide bonds. The SMILES string of the molecule is CCc1cc(C(=O)Oc2c(CC)c(-c3ccc4ncccc4c3)[nH]c(=O)c2C(=O)OC(=O)c2c(O)c(CC)c(-c3ccc4c(ccn4C)c3)[nH]c2=O)c(=O)[nH]c1-c1ccc2c(ccn2C)c1. The average Bonchev–Trinajstić information content (AvgIpc) is 3.88. The van der Waals surface area contributed by atoms with Crippen LogP contribution >= 0.6 is 0 Å². The van der Waals surface area contributed by atoms with Gasteiger partial charge in [0.1, 0.15) is 11.3 Å². The molecule has 6 heterocycles. The molecule has 0 unspecified atom stereocenters. The molecule has 330 valence electrons. The van der Waals surface area contributed by atoms with Crippen molar-refractivity contribution in [3.05, 3.63) is 168 Å². The number of H-pyrrole nitrogens is 3. The van der Waals surface area contributed by atoms with Crippen LogP contribution in [0.2, 0.25) is 0 Å². The summed E-state index contributed by atoms with van der Waals surface area (Å²) >= 11 is 0. The highest BCUT2D eigenvalue weighted by atomic mass is 16.6. The quantitative estimate of drug-likeness (QED) is 0.0771. The number of nitrogens with zero attached hydrogens (tertiary/aromatic N) is 3. The lowest BCUT2D eigenvalue weighted by Gasteiger charge is -2.17. The van der Waals surface area contributed by atoms with Crippen molar-refractivity contribution < 1.29 is 29.0 Å². The van der Waals surface area contributed by atoms with Crippen molar-refractivity contribution in [2.24, 2.45) is 14.1 Å². The fraction of sp³-hybridized carbons (Fsp3) is 0.157. The summed E-state index contributed by atoms with van der Waals surface area (Å²) in [7, 11) is 3.82. The normalized spacial score (nSPS) is 11.4. The third kappa shape index (κ3) is 7.35. The Labute approximate surface area is 374 Å². The predicted molar refractivity (Wildman–Crippen MR) is 250 cm³/mol. The van der Waals surface area contributed by atoms with Gasteiger partial charge in [-0.2, -0.15) is 0 Å². The first-order valence-electron chi connectivity index (χ1n) is 21.3. The molecule has 0 fully saturated rings. The number of carbonyl (C=O) groups excluding carboxylic acids is 3. The summed E-state index contributed by atoms with van der Waals surface area (Å²) in [5.74, 6) is -5.63. The van der Waals surface area contributed by atoms with Crippen molar-refractivity contribution in [1.82, 2.24) is 29.1 Å².